The number of amides is 2. The minimum Gasteiger partial charge on any atom is -0.493 e. The van der Waals surface area contributed by atoms with Crippen molar-refractivity contribution in [2.45, 2.75) is 100 Å². The predicted molar refractivity (Wildman–Crippen MR) is 218 cm³/mol. The number of nitro benzene ring substituents is 1. The van der Waals surface area contributed by atoms with Crippen molar-refractivity contribution in [3.63, 3.8) is 0 Å². The molecule has 3 aromatic rings. The van der Waals surface area contributed by atoms with Gasteiger partial charge in [0.05, 0.1) is 28.1 Å². The second kappa shape index (κ2) is 15.5. The summed E-state index contributed by atoms with van der Waals surface area (Å²) in [7, 11) is 0.231. The fourth-order valence-corrected chi connectivity index (χ4v) is 11.0. The van der Waals surface area contributed by atoms with Crippen LogP contribution in [0.4, 0.5) is 11.4 Å². The molecule has 1 aliphatic carbocycles. The summed E-state index contributed by atoms with van der Waals surface area (Å²) in [6.07, 6.45) is 10.6. The molecule has 3 aromatic carbocycles. The SMILES string of the molecule is CN(C)c1cccc2c(S(=O)(=O)NCCCCCCCCCCOc3ccc(C4=C[C@@]56NC(=O)C7(CCCN7C5=O)CC6C(C)(C)C4=O)c([N+](=O)[O-])c3)cccc12. The van der Waals surface area contributed by atoms with E-state index in [0.717, 1.165) is 62.4 Å². The van der Waals surface area contributed by atoms with Crippen LogP contribution in [0, 0.1) is 21.4 Å². The van der Waals surface area contributed by atoms with Crippen LogP contribution in [-0.2, 0) is 24.4 Å². The molecular formula is C43H53N5O8S. The standard InChI is InChI=1S/C43H53N5O8S/c1-41(2)37-28-42-22-15-24-47(42)40(51)43(37,45-39(42)50)27-33(38(41)49)31-21-20-29(26-35(31)48(52)53)56-25-12-10-8-6-5-7-9-11-23-44-57(54,55)36-19-14-16-30-32(36)17-13-18-34(30)46(3)4/h13-14,16-21,26-27,37,44H,5-12,15,22-25,28H2,1-4H3,(H,45,50)/t37?,42?,43-/m0/s1. The van der Waals surface area contributed by atoms with Gasteiger partial charge in [-0.05, 0) is 62.4 Å². The summed E-state index contributed by atoms with van der Waals surface area (Å²) in [5.41, 5.74) is -2.57. The number of nitrogens with zero attached hydrogens (tertiary/aromatic N) is 3. The highest BCUT2D eigenvalue weighted by molar-refractivity contribution is 7.89. The fourth-order valence-electron chi connectivity index (χ4n) is 9.68. The van der Waals surface area contributed by atoms with E-state index in [4.69, 9.17) is 4.74 Å². The molecule has 2 unspecified atom stereocenters. The van der Waals surface area contributed by atoms with Crippen LogP contribution in [0.15, 0.2) is 65.6 Å². The molecule has 0 aromatic heterocycles. The lowest BCUT2D eigenvalue weighted by atomic mass is 9.51. The average molecular weight is 800 g/mol. The minimum absolute atomic E-state index is 0.0674. The number of unbranched alkanes of at least 4 members (excludes halogenated alkanes) is 7. The molecule has 4 aliphatic heterocycles. The smallest absolute Gasteiger partial charge is 0.281 e. The van der Waals surface area contributed by atoms with E-state index in [0.29, 0.717) is 55.0 Å². The van der Waals surface area contributed by atoms with Crippen molar-refractivity contribution in [2.75, 3.05) is 38.7 Å². The van der Waals surface area contributed by atoms with Crippen molar-refractivity contribution in [1.82, 2.24) is 14.9 Å². The van der Waals surface area contributed by atoms with Crippen LogP contribution in [0.25, 0.3) is 16.3 Å². The van der Waals surface area contributed by atoms with E-state index in [1.807, 2.05) is 43.3 Å². The van der Waals surface area contributed by atoms with E-state index in [1.54, 1.807) is 36.9 Å². The second-order valence-corrected chi connectivity index (χ2v) is 18.5. The maximum Gasteiger partial charge on any atom is 0.281 e. The normalized spacial score (nSPS) is 23.6. The fraction of sp³-hybridized carbons (Fsp3) is 0.512. The number of ketones is 1. The van der Waals surface area contributed by atoms with Gasteiger partial charge in [-0.3, -0.25) is 24.5 Å². The Morgan fingerprint density at radius 3 is 2.35 bits per heavy atom. The highest BCUT2D eigenvalue weighted by atomic mass is 32.2. The summed E-state index contributed by atoms with van der Waals surface area (Å²) in [4.78, 5) is 57.2. The molecule has 4 fully saturated rings. The van der Waals surface area contributed by atoms with Gasteiger partial charge in [0, 0.05) is 60.6 Å². The van der Waals surface area contributed by atoms with Crippen molar-refractivity contribution >= 4 is 55.3 Å². The molecule has 5 aliphatic rings. The third-order valence-corrected chi connectivity index (χ3v) is 14.2. The second-order valence-electron chi connectivity index (χ2n) is 16.8. The predicted octanol–water partition coefficient (Wildman–Crippen LogP) is 6.53. The molecule has 0 radical (unpaired) electrons. The van der Waals surface area contributed by atoms with Gasteiger partial charge in [0.15, 0.2) is 5.78 Å². The molecule has 2 spiro atoms. The molecular weight excluding hydrogens is 747 g/mol. The summed E-state index contributed by atoms with van der Waals surface area (Å²) in [6, 6.07) is 15.5. The first-order valence-corrected chi connectivity index (χ1v) is 21.6. The summed E-state index contributed by atoms with van der Waals surface area (Å²) in [5, 5.41) is 16.9. The number of benzene rings is 3. The van der Waals surface area contributed by atoms with Gasteiger partial charge in [-0.15, -0.1) is 0 Å². The zero-order chi connectivity index (χ0) is 40.8. The Hall–Kier alpha value is -4.82. The zero-order valence-corrected chi connectivity index (χ0v) is 34.1. The van der Waals surface area contributed by atoms with Crippen LogP contribution in [0.5, 0.6) is 5.75 Å². The number of carbonyl (C=O) groups excluding carboxylic acids is 3. The number of rotatable bonds is 17. The van der Waals surface area contributed by atoms with Gasteiger partial charge in [-0.25, -0.2) is 13.1 Å². The van der Waals surface area contributed by atoms with Crippen molar-refractivity contribution in [2.24, 2.45) is 11.3 Å². The van der Waals surface area contributed by atoms with Gasteiger partial charge in [0.25, 0.3) is 11.6 Å². The van der Waals surface area contributed by atoms with Crippen LogP contribution < -0.4 is 19.7 Å². The number of hydrogen-bond donors (Lipinski definition) is 2. The number of ether oxygens (including phenoxy) is 1. The van der Waals surface area contributed by atoms with E-state index < -0.39 is 37.4 Å². The number of fused-ring (bicyclic) bond motifs is 2. The maximum atomic E-state index is 14.1. The molecule has 14 heteroatoms. The molecule has 8 rings (SSSR count). The zero-order valence-electron chi connectivity index (χ0n) is 33.3. The van der Waals surface area contributed by atoms with Crippen molar-refractivity contribution in [3.05, 3.63) is 76.4 Å². The van der Waals surface area contributed by atoms with Crippen LogP contribution >= 0.6 is 0 Å². The van der Waals surface area contributed by atoms with Crippen molar-refractivity contribution < 1.29 is 32.5 Å². The molecule has 2 N–H and O–H groups in total. The van der Waals surface area contributed by atoms with Crippen LogP contribution in [-0.4, -0.2) is 80.7 Å². The van der Waals surface area contributed by atoms with Gasteiger partial charge in [0.1, 0.15) is 16.8 Å². The van der Waals surface area contributed by atoms with Gasteiger partial charge in [-0.2, -0.15) is 0 Å². The number of hydrogen-bond acceptors (Lipinski definition) is 9. The summed E-state index contributed by atoms with van der Waals surface area (Å²) in [6.45, 7) is 4.78. The molecule has 3 atom stereocenters. The lowest BCUT2D eigenvalue weighted by molar-refractivity contribution is -0.385. The average Bonchev–Trinajstić information content (AvgIpc) is 3.63. The number of piperidine rings is 2. The first-order chi connectivity index (χ1) is 27.1. The highest BCUT2D eigenvalue weighted by Gasteiger charge is 2.72. The first-order valence-electron chi connectivity index (χ1n) is 20.2. The lowest BCUT2D eigenvalue weighted by Gasteiger charge is -2.62. The number of Topliss-reactive ketones (excluding diaryl/α,β-unsaturated/α-hetero) is 1. The number of carbonyl (C=O) groups is 3. The quantitative estimate of drug-likeness (QED) is 0.0876. The van der Waals surface area contributed by atoms with Crippen molar-refractivity contribution in [3.8, 4) is 5.75 Å². The van der Waals surface area contributed by atoms with Crippen molar-refractivity contribution in [1.29, 1.82) is 0 Å². The lowest BCUT2D eigenvalue weighted by Crippen LogP contribution is -2.83. The van der Waals surface area contributed by atoms with E-state index in [-0.39, 0.29) is 34.4 Å². The molecule has 4 saturated heterocycles. The Balaban J connectivity index is 0.863. The topological polar surface area (TPSA) is 168 Å². The third-order valence-electron chi connectivity index (χ3n) is 12.7. The Morgan fingerprint density at radius 1 is 0.947 bits per heavy atom. The number of nitrogens with one attached hydrogen (secondary N) is 2. The van der Waals surface area contributed by atoms with Crippen LogP contribution in [0.3, 0.4) is 0 Å². The molecule has 0 saturated carbocycles. The number of nitro groups is 1. The Morgan fingerprint density at radius 2 is 1.63 bits per heavy atom. The third kappa shape index (κ3) is 7.09. The van der Waals surface area contributed by atoms with Crippen LogP contribution in [0.1, 0.15) is 90.0 Å². The summed E-state index contributed by atoms with van der Waals surface area (Å²) >= 11 is 0. The monoisotopic (exact) mass is 799 g/mol. The van der Waals surface area contributed by atoms with E-state index >= 15 is 0 Å². The Bertz CT molecular complexity index is 2250. The van der Waals surface area contributed by atoms with E-state index in [1.165, 1.54) is 18.2 Å². The number of sulfonamides is 1. The number of allylic oxidation sites excluding steroid dienone is 1. The molecule has 13 nitrogen and oxygen atoms in total. The van der Waals surface area contributed by atoms with Gasteiger partial charge < -0.3 is 19.9 Å². The summed E-state index contributed by atoms with van der Waals surface area (Å²) < 4.78 is 35.0. The molecule has 2 amide bonds. The Labute approximate surface area is 334 Å². The van der Waals surface area contributed by atoms with Crippen LogP contribution in [0.2, 0.25) is 0 Å². The first kappa shape index (κ1) is 40.4. The van der Waals surface area contributed by atoms with E-state index in [2.05, 4.69) is 10.0 Å². The molecule has 2 bridgehead atoms. The summed E-state index contributed by atoms with van der Waals surface area (Å²) in [5.74, 6) is -0.888. The largest absolute Gasteiger partial charge is 0.493 e. The molecule has 304 valence electrons. The molecule has 4 heterocycles. The number of piperazine rings is 1. The Kier molecular flexibility index (Phi) is 11.0. The maximum absolute atomic E-state index is 14.1. The molecule has 57 heavy (non-hydrogen) atoms. The van der Waals surface area contributed by atoms with Gasteiger partial charge >= 0.3 is 0 Å². The minimum atomic E-state index is -3.65. The number of anilines is 1. The van der Waals surface area contributed by atoms with Gasteiger partial charge in [-0.1, -0.05) is 76.6 Å². The van der Waals surface area contributed by atoms with Gasteiger partial charge in [0.2, 0.25) is 15.9 Å². The highest BCUT2D eigenvalue weighted by Crippen LogP contribution is 2.58. The van der Waals surface area contributed by atoms with E-state index in [9.17, 15) is 32.9 Å².